The predicted molar refractivity (Wildman–Crippen MR) is 106 cm³/mol. The number of benzene rings is 2. The minimum absolute atomic E-state index is 0.299. The molecule has 1 aromatic heterocycles. The number of hydrogen-bond acceptors (Lipinski definition) is 4. The highest BCUT2D eigenvalue weighted by Crippen LogP contribution is 2.14. The van der Waals surface area contributed by atoms with Crippen molar-refractivity contribution in [1.29, 1.82) is 0 Å². The Kier molecular flexibility index (Phi) is 5.61. The van der Waals surface area contributed by atoms with Gasteiger partial charge in [-0.05, 0) is 37.3 Å². The Morgan fingerprint density at radius 3 is 2.48 bits per heavy atom. The zero-order valence-electron chi connectivity index (χ0n) is 15.2. The van der Waals surface area contributed by atoms with Crippen molar-refractivity contribution >= 4 is 34.5 Å². The van der Waals surface area contributed by atoms with Gasteiger partial charge >= 0.3 is 5.97 Å². The molecule has 0 saturated carbocycles. The largest absolute Gasteiger partial charge is 0.449 e. The molecule has 136 valence electrons. The van der Waals surface area contributed by atoms with Crippen molar-refractivity contribution in [3.63, 3.8) is 0 Å². The third-order valence-electron chi connectivity index (χ3n) is 4.12. The van der Waals surface area contributed by atoms with Gasteiger partial charge in [0.2, 0.25) is 0 Å². The standard InChI is InChI=1S/C22H20N2O3/c1-16(22(26)24(2)19-9-4-3-5-10-19)27-21(25)15-14-18-13-12-17-8-6-7-11-20(17)23-18/h3-16H,1-2H3/b15-14+/t16-/m0/s1. The molecule has 0 unspecified atom stereocenters. The third-order valence-corrected chi connectivity index (χ3v) is 4.12. The van der Waals surface area contributed by atoms with Gasteiger partial charge in [0.15, 0.2) is 6.10 Å². The van der Waals surface area contributed by atoms with Crippen LogP contribution >= 0.6 is 0 Å². The summed E-state index contributed by atoms with van der Waals surface area (Å²) in [5.74, 6) is -0.890. The quantitative estimate of drug-likeness (QED) is 0.512. The van der Waals surface area contributed by atoms with E-state index >= 15 is 0 Å². The molecule has 5 heteroatoms. The molecule has 5 nitrogen and oxygen atoms in total. The number of hydrogen-bond donors (Lipinski definition) is 0. The van der Waals surface area contributed by atoms with Crippen LogP contribution in [-0.2, 0) is 14.3 Å². The Balaban J connectivity index is 1.62. The zero-order valence-corrected chi connectivity index (χ0v) is 15.2. The molecule has 3 aromatic rings. The molecule has 27 heavy (non-hydrogen) atoms. The Bertz CT molecular complexity index is 983. The number of fused-ring (bicyclic) bond motifs is 1. The SMILES string of the molecule is C[C@H](OC(=O)/C=C/c1ccc2ccccc2n1)C(=O)N(C)c1ccccc1. The number of aromatic nitrogens is 1. The molecule has 0 aliphatic heterocycles. The first-order valence-corrected chi connectivity index (χ1v) is 8.62. The number of amides is 1. The van der Waals surface area contributed by atoms with Gasteiger partial charge < -0.3 is 9.64 Å². The number of nitrogens with zero attached hydrogens (tertiary/aromatic N) is 2. The number of ether oxygens (including phenoxy) is 1. The summed E-state index contributed by atoms with van der Waals surface area (Å²) >= 11 is 0. The van der Waals surface area contributed by atoms with E-state index in [1.807, 2.05) is 66.7 Å². The lowest BCUT2D eigenvalue weighted by atomic mass is 10.2. The molecule has 0 aliphatic rings. The highest BCUT2D eigenvalue weighted by molar-refractivity contribution is 5.98. The molecule has 1 heterocycles. The van der Waals surface area contributed by atoms with Gasteiger partial charge in [0.1, 0.15) is 0 Å². The van der Waals surface area contributed by atoms with Crippen LogP contribution in [0.1, 0.15) is 12.6 Å². The van der Waals surface area contributed by atoms with Crippen LogP contribution in [0.3, 0.4) is 0 Å². The maximum Gasteiger partial charge on any atom is 0.331 e. The van der Waals surface area contributed by atoms with E-state index in [0.29, 0.717) is 5.69 Å². The monoisotopic (exact) mass is 360 g/mol. The van der Waals surface area contributed by atoms with Crippen molar-refractivity contribution in [1.82, 2.24) is 4.98 Å². The Morgan fingerprint density at radius 2 is 1.70 bits per heavy atom. The van der Waals surface area contributed by atoms with E-state index in [1.165, 1.54) is 11.0 Å². The summed E-state index contributed by atoms with van der Waals surface area (Å²) < 4.78 is 5.22. The van der Waals surface area contributed by atoms with E-state index < -0.39 is 12.1 Å². The first-order valence-electron chi connectivity index (χ1n) is 8.62. The molecular formula is C22H20N2O3. The van der Waals surface area contributed by atoms with Crippen molar-refractivity contribution in [3.8, 4) is 0 Å². The lowest BCUT2D eigenvalue weighted by Gasteiger charge is -2.21. The van der Waals surface area contributed by atoms with Crippen LogP contribution in [0.5, 0.6) is 0 Å². The fraction of sp³-hybridized carbons (Fsp3) is 0.136. The van der Waals surface area contributed by atoms with E-state index in [-0.39, 0.29) is 5.91 Å². The van der Waals surface area contributed by atoms with Crippen molar-refractivity contribution in [2.45, 2.75) is 13.0 Å². The van der Waals surface area contributed by atoms with Crippen LogP contribution in [0, 0.1) is 0 Å². The average Bonchev–Trinajstić information content (AvgIpc) is 2.71. The fourth-order valence-electron chi connectivity index (χ4n) is 2.64. The summed E-state index contributed by atoms with van der Waals surface area (Å²) in [6, 6.07) is 20.7. The van der Waals surface area contributed by atoms with Gasteiger partial charge in [0, 0.05) is 24.2 Å². The summed E-state index contributed by atoms with van der Waals surface area (Å²) in [5, 5.41) is 1.03. The first-order chi connectivity index (χ1) is 13.0. The second-order valence-corrected chi connectivity index (χ2v) is 6.07. The van der Waals surface area contributed by atoms with Crippen molar-refractivity contribution in [2.24, 2.45) is 0 Å². The Hall–Kier alpha value is -3.47. The molecule has 1 atom stereocenters. The van der Waals surface area contributed by atoms with E-state index in [2.05, 4.69) is 4.98 Å². The van der Waals surface area contributed by atoms with Gasteiger partial charge in [-0.25, -0.2) is 9.78 Å². The van der Waals surface area contributed by atoms with Gasteiger partial charge in [-0.2, -0.15) is 0 Å². The molecule has 0 saturated heterocycles. The van der Waals surface area contributed by atoms with Gasteiger partial charge in [-0.15, -0.1) is 0 Å². The van der Waals surface area contributed by atoms with E-state index in [4.69, 9.17) is 4.74 Å². The third kappa shape index (κ3) is 4.58. The van der Waals surface area contributed by atoms with Gasteiger partial charge in [0.05, 0.1) is 11.2 Å². The predicted octanol–water partition coefficient (Wildman–Crippen LogP) is 3.84. The number of rotatable bonds is 5. The summed E-state index contributed by atoms with van der Waals surface area (Å²) in [7, 11) is 1.65. The molecule has 0 aliphatic carbocycles. The van der Waals surface area contributed by atoms with Crippen molar-refractivity contribution < 1.29 is 14.3 Å². The number of carbonyl (C=O) groups excluding carboxylic acids is 2. The second-order valence-electron chi connectivity index (χ2n) is 6.07. The van der Waals surface area contributed by atoms with Crippen LogP contribution in [0.2, 0.25) is 0 Å². The summed E-state index contributed by atoms with van der Waals surface area (Å²) in [6.45, 7) is 1.56. The number of para-hydroxylation sites is 2. The highest BCUT2D eigenvalue weighted by Gasteiger charge is 2.21. The van der Waals surface area contributed by atoms with Crippen molar-refractivity contribution in [2.75, 3.05) is 11.9 Å². The molecule has 2 aromatic carbocycles. The molecule has 0 bridgehead atoms. The number of carbonyl (C=O) groups is 2. The van der Waals surface area contributed by atoms with Gasteiger partial charge in [-0.1, -0.05) is 42.5 Å². The average molecular weight is 360 g/mol. The highest BCUT2D eigenvalue weighted by atomic mass is 16.5. The zero-order chi connectivity index (χ0) is 19.2. The van der Waals surface area contributed by atoms with Gasteiger partial charge in [-0.3, -0.25) is 4.79 Å². The summed E-state index contributed by atoms with van der Waals surface area (Å²) in [4.78, 5) is 30.4. The van der Waals surface area contributed by atoms with Crippen LogP contribution in [-0.4, -0.2) is 30.0 Å². The molecule has 3 rings (SSSR count). The molecular weight excluding hydrogens is 340 g/mol. The number of likely N-dealkylation sites (N-methyl/N-ethyl adjacent to an activating group) is 1. The molecule has 0 spiro atoms. The fourth-order valence-corrected chi connectivity index (χ4v) is 2.64. The lowest BCUT2D eigenvalue weighted by molar-refractivity contribution is -0.148. The minimum Gasteiger partial charge on any atom is -0.449 e. The maximum absolute atomic E-state index is 12.4. The number of anilines is 1. The lowest BCUT2D eigenvalue weighted by Crippen LogP contribution is -2.37. The number of esters is 1. The van der Waals surface area contributed by atoms with E-state index in [1.54, 1.807) is 20.0 Å². The smallest absolute Gasteiger partial charge is 0.331 e. The van der Waals surface area contributed by atoms with Crippen molar-refractivity contribution in [3.05, 3.63) is 78.5 Å². The van der Waals surface area contributed by atoms with Gasteiger partial charge in [0.25, 0.3) is 5.91 Å². The second kappa shape index (κ2) is 8.27. The number of pyridine rings is 1. The van der Waals surface area contributed by atoms with Crippen LogP contribution in [0.15, 0.2) is 72.8 Å². The Morgan fingerprint density at radius 1 is 1.00 bits per heavy atom. The molecule has 0 radical (unpaired) electrons. The molecule has 0 fully saturated rings. The van der Waals surface area contributed by atoms with E-state index in [9.17, 15) is 9.59 Å². The Labute approximate surface area is 157 Å². The summed E-state index contributed by atoms with van der Waals surface area (Å²) in [5.41, 5.74) is 2.23. The minimum atomic E-state index is -0.892. The van der Waals surface area contributed by atoms with Crippen LogP contribution in [0.4, 0.5) is 5.69 Å². The van der Waals surface area contributed by atoms with E-state index in [0.717, 1.165) is 16.6 Å². The molecule has 0 N–H and O–H groups in total. The topological polar surface area (TPSA) is 59.5 Å². The molecule has 1 amide bonds. The normalized spacial score (nSPS) is 12.1. The van der Waals surface area contributed by atoms with Crippen LogP contribution < -0.4 is 4.90 Å². The first kappa shape index (κ1) is 18.3. The summed E-state index contributed by atoms with van der Waals surface area (Å²) in [6.07, 6.45) is 1.97. The maximum atomic E-state index is 12.4. The van der Waals surface area contributed by atoms with Crippen LogP contribution in [0.25, 0.3) is 17.0 Å².